The first-order valence-corrected chi connectivity index (χ1v) is 12.6. The van der Waals surface area contributed by atoms with Gasteiger partial charge in [0.2, 0.25) is 11.8 Å². The summed E-state index contributed by atoms with van der Waals surface area (Å²) in [5, 5.41) is 2.93. The van der Waals surface area contributed by atoms with E-state index in [1.807, 2.05) is 115 Å². The molecule has 176 valence electrons. The molecule has 4 aromatic rings. The molecule has 2 amide bonds. The molecule has 4 rings (SSSR count). The minimum atomic E-state index is -0.803. The Labute approximate surface area is 219 Å². The van der Waals surface area contributed by atoms with Gasteiger partial charge in [0.05, 0.1) is 5.41 Å². The maximum Gasteiger partial charge on any atom is 0.240 e. The van der Waals surface area contributed by atoms with Crippen LogP contribution in [0.4, 0.5) is 0 Å². The highest BCUT2D eigenvalue weighted by Gasteiger charge is 2.39. The van der Waals surface area contributed by atoms with Gasteiger partial charge in [-0.3, -0.25) is 9.59 Å². The lowest BCUT2D eigenvalue weighted by atomic mass is 9.67. The topological polar surface area (TPSA) is 72.2 Å². The van der Waals surface area contributed by atoms with Crippen LogP contribution in [0.5, 0.6) is 0 Å². The lowest BCUT2D eigenvalue weighted by Crippen LogP contribution is -2.48. The second kappa shape index (κ2) is 11.3. The third-order valence-corrected chi connectivity index (χ3v) is 6.98. The van der Waals surface area contributed by atoms with Crippen molar-refractivity contribution in [2.45, 2.75) is 24.3 Å². The zero-order chi connectivity index (χ0) is 24.7. The predicted molar refractivity (Wildman–Crippen MR) is 148 cm³/mol. The lowest BCUT2D eigenvalue weighted by Gasteiger charge is -2.36. The van der Waals surface area contributed by atoms with Crippen LogP contribution < -0.4 is 11.1 Å². The second-order valence-corrected chi connectivity index (χ2v) is 9.78. The number of halogens is 1. The van der Waals surface area contributed by atoms with Gasteiger partial charge in [-0.15, -0.1) is 0 Å². The number of nitrogens with two attached hydrogens (primary N) is 1. The molecule has 0 bridgehead atoms. The van der Waals surface area contributed by atoms with Gasteiger partial charge in [0.15, 0.2) is 0 Å². The van der Waals surface area contributed by atoms with Crippen molar-refractivity contribution in [1.29, 1.82) is 0 Å². The van der Waals surface area contributed by atoms with Gasteiger partial charge in [0.25, 0.3) is 0 Å². The van der Waals surface area contributed by atoms with E-state index in [-0.39, 0.29) is 12.3 Å². The van der Waals surface area contributed by atoms with Crippen molar-refractivity contribution < 1.29 is 9.59 Å². The summed E-state index contributed by atoms with van der Waals surface area (Å²) in [5.41, 5.74) is 8.91. The summed E-state index contributed by atoms with van der Waals surface area (Å²) < 4.78 is 1.10. The summed E-state index contributed by atoms with van der Waals surface area (Å²) in [6.45, 7) is 0. The van der Waals surface area contributed by atoms with Crippen LogP contribution in [-0.4, -0.2) is 17.9 Å². The van der Waals surface area contributed by atoms with Crippen LogP contribution in [0, 0.1) is 3.57 Å². The fraction of sp³-hybridized carbons (Fsp3) is 0.133. The Hall–Kier alpha value is -3.45. The number of carbonyl (C=O) groups excluding carboxylic acids is 2. The van der Waals surface area contributed by atoms with E-state index in [9.17, 15) is 9.59 Å². The molecule has 1 atom stereocenters. The molecule has 5 heteroatoms. The van der Waals surface area contributed by atoms with E-state index >= 15 is 0 Å². The van der Waals surface area contributed by atoms with E-state index in [0.717, 1.165) is 25.8 Å². The van der Waals surface area contributed by atoms with E-state index in [1.165, 1.54) is 0 Å². The highest BCUT2D eigenvalue weighted by molar-refractivity contribution is 14.1. The van der Waals surface area contributed by atoms with E-state index in [4.69, 9.17) is 5.73 Å². The van der Waals surface area contributed by atoms with Crippen LogP contribution >= 0.6 is 22.6 Å². The number of hydrogen-bond donors (Lipinski definition) is 2. The number of amides is 2. The number of benzene rings is 4. The molecule has 0 fully saturated rings. The molecule has 0 unspecified atom stereocenters. The predicted octanol–water partition coefficient (Wildman–Crippen LogP) is 5.23. The van der Waals surface area contributed by atoms with E-state index in [2.05, 4.69) is 27.9 Å². The van der Waals surface area contributed by atoms with Crippen LogP contribution in [0.1, 0.15) is 28.7 Å². The monoisotopic (exact) mass is 574 g/mol. The van der Waals surface area contributed by atoms with Crippen molar-refractivity contribution in [3.8, 4) is 0 Å². The summed E-state index contributed by atoms with van der Waals surface area (Å²) in [6, 6.07) is 37.1. The van der Waals surface area contributed by atoms with Crippen LogP contribution in [0.2, 0.25) is 0 Å². The summed E-state index contributed by atoms with van der Waals surface area (Å²) in [6.07, 6.45) is 0.467. The largest absolute Gasteiger partial charge is 0.368 e. The molecule has 4 aromatic carbocycles. The molecule has 0 aliphatic carbocycles. The van der Waals surface area contributed by atoms with Gasteiger partial charge in [-0.2, -0.15) is 0 Å². The molecule has 0 radical (unpaired) electrons. The van der Waals surface area contributed by atoms with E-state index in [0.29, 0.717) is 6.42 Å². The molecular weight excluding hydrogens is 547 g/mol. The fourth-order valence-electron chi connectivity index (χ4n) is 4.54. The third-order valence-electron chi connectivity index (χ3n) is 6.26. The molecule has 4 nitrogen and oxygen atoms in total. The zero-order valence-electron chi connectivity index (χ0n) is 19.2. The van der Waals surface area contributed by atoms with Crippen LogP contribution in [0.25, 0.3) is 0 Å². The van der Waals surface area contributed by atoms with Crippen LogP contribution in [0.15, 0.2) is 115 Å². The Morgan fingerprint density at radius 3 is 1.54 bits per heavy atom. The summed E-state index contributed by atoms with van der Waals surface area (Å²) in [7, 11) is 0. The average molecular weight is 574 g/mol. The molecule has 0 aliphatic heterocycles. The lowest BCUT2D eigenvalue weighted by molar-refractivity contribution is -0.127. The third kappa shape index (κ3) is 5.80. The first kappa shape index (κ1) is 24.7. The maximum absolute atomic E-state index is 13.6. The first-order chi connectivity index (χ1) is 17.0. The minimum Gasteiger partial charge on any atom is -0.368 e. The second-order valence-electron chi connectivity index (χ2n) is 8.53. The molecule has 0 heterocycles. The highest BCUT2D eigenvalue weighted by atomic mass is 127. The summed E-state index contributed by atoms with van der Waals surface area (Å²) >= 11 is 2.23. The van der Waals surface area contributed by atoms with Crippen molar-refractivity contribution >= 4 is 34.4 Å². The first-order valence-electron chi connectivity index (χ1n) is 11.5. The number of nitrogens with one attached hydrogen (secondary N) is 1. The SMILES string of the molecule is NC(=O)[C@H](Cc1ccc(I)cc1)NC(=O)CC(c1ccccc1)(c1ccccc1)c1ccccc1. The molecule has 0 aliphatic rings. The van der Waals surface area contributed by atoms with Gasteiger partial charge in [-0.25, -0.2) is 0 Å². The van der Waals surface area contributed by atoms with Gasteiger partial charge in [-0.1, -0.05) is 103 Å². The van der Waals surface area contributed by atoms with E-state index < -0.39 is 17.4 Å². The Bertz CT molecular complexity index is 1160. The Kier molecular flexibility index (Phi) is 7.98. The van der Waals surface area contributed by atoms with Crippen LogP contribution in [0.3, 0.4) is 0 Å². The Balaban J connectivity index is 1.72. The van der Waals surface area contributed by atoms with Crippen molar-refractivity contribution in [1.82, 2.24) is 5.32 Å². The smallest absolute Gasteiger partial charge is 0.240 e. The van der Waals surface area contributed by atoms with Gasteiger partial charge >= 0.3 is 0 Å². The molecule has 0 saturated heterocycles. The van der Waals surface area contributed by atoms with E-state index in [1.54, 1.807) is 0 Å². The number of rotatable bonds is 9. The minimum absolute atomic E-state index is 0.126. The molecule has 35 heavy (non-hydrogen) atoms. The Morgan fingerprint density at radius 2 is 1.14 bits per heavy atom. The molecule has 3 N–H and O–H groups in total. The van der Waals surface area contributed by atoms with Crippen LogP contribution in [-0.2, 0) is 21.4 Å². The van der Waals surface area contributed by atoms with Gasteiger partial charge in [0, 0.05) is 16.4 Å². The molecule has 0 aromatic heterocycles. The fourth-order valence-corrected chi connectivity index (χ4v) is 4.90. The quantitative estimate of drug-likeness (QED) is 0.212. The number of hydrogen-bond acceptors (Lipinski definition) is 2. The standard InChI is InChI=1S/C30H27IN2O2/c31-26-18-16-22(17-19-26)20-27(29(32)35)33-28(34)21-30(23-10-4-1-5-11-23,24-12-6-2-7-13-24)25-14-8-3-9-15-25/h1-19,27H,20-21H2,(H2,32,35)(H,33,34)/t27-/m0/s1. The zero-order valence-corrected chi connectivity index (χ0v) is 21.4. The average Bonchev–Trinajstić information content (AvgIpc) is 2.89. The van der Waals surface area contributed by atoms with Crippen molar-refractivity contribution in [3.63, 3.8) is 0 Å². The highest BCUT2D eigenvalue weighted by Crippen LogP contribution is 2.42. The van der Waals surface area contributed by atoms with Crippen molar-refractivity contribution in [2.24, 2.45) is 5.73 Å². The Morgan fingerprint density at radius 1 is 0.714 bits per heavy atom. The summed E-state index contributed by atoms with van der Waals surface area (Å²) in [5.74, 6) is -0.794. The number of primary amides is 1. The normalized spacial score (nSPS) is 12.0. The van der Waals surface area contributed by atoms with Gasteiger partial charge in [-0.05, 0) is 57.0 Å². The number of carbonyl (C=O) groups is 2. The van der Waals surface area contributed by atoms with Crippen molar-refractivity contribution in [3.05, 3.63) is 141 Å². The summed E-state index contributed by atoms with van der Waals surface area (Å²) in [4.78, 5) is 25.9. The maximum atomic E-state index is 13.6. The molecular formula is C30H27IN2O2. The van der Waals surface area contributed by atoms with Gasteiger partial charge in [0.1, 0.15) is 6.04 Å². The van der Waals surface area contributed by atoms with Gasteiger partial charge < -0.3 is 11.1 Å². The molecule has 0 saturated carbocycles. The molecule has 0 spiro atoms. The van der Waals surface area contributed by atoms with Crippen molar-refractivity contribution in [2.75, 3.05) is 0 Å².